The molecule has 0 saturated carbocycles. The number of hydrogen-bond donors (Lipinski definition) is 3. The van der Waals surface area contributed by atoms with Crippen LogP contribution < -0.4 is 34.3 Å². The molecule has 0 aromatic heterocycles. The first-order valence-electron chi connectivity index (χ1n) is 10.7. The second-order valence-electron chi connectivity index (χ2n) is 6.92. The van der Waals surface area contributed by atoms with Crippen LogP contribution >= 0.6 is 55.1 Å². The standard InChI is InChI=1S/C11H12BrClNO4.C9H10BrClO2.C4H8O4.Ca.2ClH/c1-17-10(15)6-14(16)5-7-9(13)4-3-8(12)11(7)18-2;1-13-9-6(4-5-12)8(11)3-2-7(9)10;1-7-3(5)4(6)8-2;;;/h3-4,6,16H,5H2,1-2H3;2-3,12H,4-5H2,1H3;3,5H,1-2H3;;2*1H/q+1;;;+2;;/p-2/b14-6-;;;;;. The Bertz CT molecular complexity index is 1130. The topological polar surface area (TPSA) is 144 Å². The van der Waals surface area contributed by atoms with Gasteiger partial charge in [0.1, 0.15) is 11.5 Å². The van der Waals surface area contributed by atoms with Gasteiger partial charge in [0.05, 0.1) is 48.0 Å². The van der Waals surface area contributed by atoms with E-state index in [0.717, 1.165) is 16.3 Å². The van der Waals surface area contributed by atoms with Crippen LogP contribution in [0.2, 0.25) is 10.0 Å². The predicted octanol–water partition coefficient (Wildman–Crippen LogP) is -2.35. The molecule has 0 radical (unpaired) electrons. The van der Waals surface area contributed by atoms with E-state index in [1.54, 1.807) is 25.3 Å². The Hall–Kier alpha value is -0.290. The molecule has 2 rings (SSSR count). The van der Waals surface area contributed by atoms with E-state index in [9.17, 15) is 14.8 Å². The minimum Gasteiger partial charge on any atom is -1.00 e. The number of esters is 2. The minimum absolute atomic E-state index is 0. The van der Waals surface area contributed by atoms with Crippen molar-refractivity contribution in [2.45, 2.75) is 19.3 Å². The average Bonchev–Trinajstić information content (AvgIpc) is 2.92. The predicted molar refractivity (Wildman–Crippen MR) is 157 cm³/mol. The summed E-state index contributed by atoms with van der Waals surface area (Å²) in [5.41, 5.74) is 1.39. The van der Waals surface area contributed by atoms with Crippen LogP contribution in [0.3, 0.4) is 0 Å². The van der Waals surface area contributed by atoms with Crippen LogP contribution in [0.5, 0.6) is 11.5 Å². The van der Waals surface area contributed by atoms with E-state index in [1.807, 2.05) is 6.07 Å². The van der Waals surface area contributed by atoms with E-state index in [0.29, 0.717) is 42.7 Å². The molecular weight excluding hydrogens is 804 g/mol. The first-order valence-corrected chi connectivity index (χ1v) is 13.1. The Morgan fingerprint density at radius 3 is 1.71 bits per heavy atom. The molecule has 0 amide bonds. The summed E-state index contributed by atoms with van der Waals surface area (Å²) in [6.45, 7) is 0.0586. The monoisotopic (exact) mass is 830 g/mol. The van der Waals surface area contributed by atoms with Crippen LogP contribution in [0, 0.1) is 0 Å². The number of nitrogens with zero attached hydrogens (tertiary/aromatic N) is 1. The summed E-state index contributed by atoms with van der Waals surface area (Å²) < 4.78 is 25.3. The third-order valence-electron chi connectivity index (χ3n) is 4.48. The number of ether oxygens (including phenoxy) is 5. The Labute approximate surface area is 313 Å². The third kappa shape index (κ3) is 17.3. The number of methoxy groups -OCH3 is 5. The molecular formula is C24H30Br2CaCl4NO10+. The van der Waals surface area contributed by atoms with Crippen molar-refractivity contribution < 1.29 is 78.2 Å². The van der Waals surface area contributed by atoms with Gasteiger partial charge >= 0.3 is 49.7 Å². The maximum absolute atomic E-state index is 11.0. The van der Waals surface area contributed by atoms with Crippen molar-refractivity contribution in [1.82, 2.24) is 0 Å². The molecule has 18 heteroatoms. The van der Waals surface area contributed by atoms with Crippen LogP contribution in [0.1, 0.15) is 11.1 Å². The van der Waals surface area contributed by atoms with Crippen molar-refractivity contribution in [3.63, 3.8) is 0 Å². The van der Waals surface area contributed by atoms with Crippen LogP contribution in [-0.4, -0.2) is 124 Å². The molecule has 42 heavy (non-hydrogen) atoms. The molecule has 2 aromatic rings. The van der Waals surface area contributed by atoms with Crippen molar-refractivity contribution in [2.75, 3.05) is 42.2 Å². The third-order valence-corrected chi connectivity index (χ3v) is 6.44. The van der Waals surface area contributed by atoms with Crippen LogP contribution in [0.25, 0.3) is 0 Å². The number of rotatable bonds is 9. The van der Waals surface area contributed by atoms with E-state index in [2.05, 4.69) is 46.1 Å². The Morgan fingerprint density at radius 2 is 1.36 bits per heavy atom. The van der Waals surface area contributed by atoms with Crippen molar-refractivity contribution in [2.24, 2.45) is 0 Å². The van der Waals surface area contributed by atoms with Gasteiger partial charge in [-0.1, -0.05) is 23.2 Å². The normalized spacial score (nSPS) is 10.4. The number of carbonyl (C=O) groups is 2. The summed E-state index contributed by atoms with van der Waals surface area (Å²) >= 11 is 18.6. The van der Waals surface area contributed by atoms with E-state index < -0.39 is 18.2 Å². The zero-order valence-corrected chi connectivity index (χ0v) is 31.6. The van der Waals surface area contributed by atoms with Crippen LogP contribution in [-0.2, 0) is 36.8 Å². The van der Waals surface area contributed by atoms with Gasteiger partial charge in [0.15, 0.2) is 0 Å². The molecule has 0 saturated heterocycles. The summed E-state index contributed by atoms with van der Waals surface area (Å²) in [6.07, 6.45) is -0.0296. The summed E-state index contributed by atoms with van der Waals surface area (Å²) in [4.78, 5) is 21.1. The summed E-state index contributed by atoms with van der Waals surface area (Å²) in [5.74, 6) is -0.253. The molecule has 2 aromatic carbocycles. The Balaban J connectivity index is -0.000000267. The maximum Gasteiger partial charge on any atom is 2.00 e. The molecule has 0 aliphatic heterocycles. The fourth-order valence-electron chi connectivity index (χ4n) is 2.66. The molecule has 1 unspecified atom stereocenters. The second-order valence-corrected chi connectivity index (χ2v) is 9.44. The first-order chi connectivity index (χ1) is 18.4. The summed E-state index contributed by atoms with van der Waals surface area (Å²) in [7, 11) is 6.68. The Kier molecular flexibility index (Phi) is 31.3. The van der Waals surface area contributed by atoms with Crippen LogP contribution in [0.4, 0.5) is 0 Å². The van der Waals surface area contributed by atoms with Gasteiger partial charge in [0.2, 0.25) is 6.54 Å². The van der Waals surface area contributed by atoms with E-state index in [1.165, 1.54) is 28.4 Å². The van der Waals surface area contributed by atoms with Gasteiger partial charge in [0.25, 0.3) is 12.5 Å². The first kappa shape index (κ1) is 48.6. The number of aliphatic hydroxyl groups is 2. The summed E-state index contributed by atoms with van der Waals surface area (Å²) in [6, 6.07) is 6.99. The number of hydrogen-bond acceptors (Lipinski definition) is 10. The number of carbonyl (C=O) groups excluding carboxylic acids is 2. The van der Waals surface area contributed by atoms with Crippen molar-refractivity contribution in [1.29, 1.82) is 0 Å². The van der Waals surface area contributed by atoms with Gasteiger partial charge in [-0.05, 0) is 60.9 Å². The van der Waals surface area contributed by atoms with Crippen molar-refractivity contribution >= 4 is 111 Å². The quantitative estimate of drug-likeness (QED) is 0.0479. The summed E-state index contributed by atoms with van der Waals surface area (Å²) in [5, 5.41) is 27.9. The molecule has 0 spiro atoms. The molecule has 0 aliphatic carbocycles. The van der Waals surface area contributed by atoms with E-state index in [4.69, 9.17) is 42.9 Å². The fourth-order valence-corrected chi connectivity index (χ4v) is 4.18. The zero-order chi connectivity index (χ0) is 30.1. The van der Waals surface area contributed by atoms with Gasteiger partial charge in [-0.3, -0.25) is 5.21 Å². The Morgan fingerprint density at radius 1 is 0.905 bits per heavy atom. The molecule has 234 valence electrons. The zero-order valence-electron chi connectivity index (χ0n) is 23.2. The van der Waals surface area contributed by atoms with Gasteiger partial charge in [-0.15, -0.1) is 0 Å². The average molecular weight is 834 g/mol. The molecule has 11 nitrogen and oxygen atoms in total. The number of hydroxylamine groups is 1. The van der Waals surface area contributed by atoms with Gasteiger partial charge in [-0.25, -0.2) is 9.59 Å². The SMILES string of the molecule is COC(=O)/C=[N+](\O)Cc1c(Cl)ccc(Br)c1OC.COC(=O)C(O)OC.COc1c(Br)ccc(Cl)c1CCO.[Ca+2].[Cl-].[Cl-]. The minimum atomic E-state index is -1.44. The largest absolute Gasteiger partial charge is 2.00 e. The second kappa shape index (κ2) is 27.1. The number of halogens is 6. The van der Waals surface area contributed by atoms with Gasteiger partial charge < -0.3 is 58.7 Å². The van der Waals surface area contributed by atoms with Crippen molar-refractivity contribution in [3.8, 4) is 11.5 Å². The van der Waals surface area contributed by atoms with E-state index in [-0.39, 0.29) is 75.7 Å². The molecule has 0 aliphatic rings. The van der Waals surface area contributed by atoms with Gasteiger partial charge in [-0.2, -0.15) is 0 Å². The smallest absolute Gasteiger partial charge is 1.00 e. The fraction of sp³-hybridized carbons (Fsp3) is 0.375. The van der Waals surface area contributed by atoms with E-state index >= 15 is 0 Å². The molecule has 0 heterocycles. The number of aliphatic hydroxyl groups excluding tert-OH is 2. The molecule has 0 fully saturated rings. The van der Waals surface area contributed by atoms with Gasteiger partial charge in [0, 0.05) is 30.7 Å². The molecule has 1 atom stereocenters. The molecule has 0 bridgehead atoms. The van der Waals surface area contributed by atoms with Crippen molar-refractivity contribution in [3.05, 3.63) is 54.4 Å². The number of benzene rings is 2. The molecule has 3 N–H and O–H groups in total. The maximum atomic E-state index is 11.0. The van der Waals surface area contributed by atoms with Crippen LogP contribution in [0.15, 0.2) is 33.2 Å².